The van der Waals surface area contributed by atoms with Crippen LogP contribution in [0.3, 0.4) is 0 Å². The van der Waals surface area contributed by atoms with Gasteiger partial charge in [0.25, 0.3) is 11.7 Å². The summed E-state index contributed by atoms with van der Waals surface area (Å²) in [6.45, 7) is 2.85. The molecule has 0 aliphatic carbocycles. The molecular weight excluding hydrogens is 426 g/mol. The maximum atomic E-state index is 12.2. The molecule has 161 valence electrons. The lowest BCUT2D eigenvalue weighted by atomic mass is 10.3. The van der Waals surface area contributed by atoms with Crippen LogP contribution in [-0.4, -0.2) is 42.3 Å². The van der Waals surface area contributed by atoms with Crippen LogP contribution in [0.15, 0.2) is 83.4 Å². The van der Waals surface area contributed by atoms with Crippen molar-refractivity contribution in [3.8, 4) is 0 Å². The molecule has 0 saturated carbocycles. The average molecular weight is 448 g/mol. The van der Waals surface area contributed by atoms with Crippen LogP contribution in [0.1, 0.15) is 5.69 Å². The van der Waals surface area contributed by atoms with E-state index in [9.17, 15) is 4.79 Å². The van der Waals surface area contributed by atoms with E-state index in [1.807, 2.05) is 54.6 Å². The molecule has 32 heavy (non-hydrogen) atoms. The number of benzene rings is 1. The summed E-state index contributed by atoms with van der Waals surface area (Å²) in [4.78, 5) is 23.6. The number of anilines is 2. The van der Waals surface area contributed by atoms with Crippen molar-refractivity contribution in [2.45, 2.75) is 18.4 Å². The normalized spacial score (nSPS) is 15.3. The number of hydrogen-bond donors (Lipinski definition) is 3. The number of amidine groups is 1. The number of nitrogens with zero attached hydrogens (tertiary/aromatic N) is 6. The third-order valence-electron chi connectivity index (χ3n) is 4.75. The molecule has 5 rings (SSSR count). The van der Waals surface area contributed by atoms with E-state index in [1.165, 1.54) is 0 Å². The van der Waals surface area contributed by atoms with Gasteiger partial charge in [-0.3, -0.25) is 19.5 Å². The summed E-state index contributed by atoms with van der Waals surface area (Å²) in [6.07, 6.45) is 10.8. The zero-order valence-corrected chi connectivity index (χ0v) is 18.1. The van der Waals surface area contributed by atoms with Crippen LogP contribution in [0.4, 0.5) is 11.5 Å². The van der Waals surface area contributed by atoms with Crippen LogP contribution in [0.5, 0.6) is 0 Å². The molecule has 2 aliphatic rings. The van der Waals surface area contributed by atoms with E-state index >= 15 is 0 Å². The maximum absolute atomic E-state index is 12.2. The van der Waals surface area contributed by atoms with Gasteiger partial charge in [0.2, 0.25) is 5.91 Å². The lowest BCUT2D eigenvalue weighted by molar-refractivity contribution is -0.116. The molecule has 0 unspecified atom stereocenters. The number of nitrogens with one attached hydrogen (secondary N) is 3. The minimum absolute atomic E-state index is 0.0986. The largest absolute Gasteiger partial charge is 0.328 e. The van der Waals surface area contributed by atoms with Crippen molar-refractivity contribution in [2.24, 2.45) is 4.99 Å². The predicted molar refractivity (Wildman–Crippen MR) is 124 cm³/mol. The minimum atomic E-state index is -0.0986. The Bertz CT molecular complexity index is 1190. The Morgan fingerprint density at radius 3 is 2.94 bits per heavy atom. The molecule has 0 bridgehead atoms. The Kier molecular flexibility index (Phi) is 5.48. The third-order valence-corrected chi connectivity index (χ3v) is 5.70. The molecule has 1 aromatic carbocycles. The summed E-state index contributed by atoms with van der Waals surface area (Å²) < 4.78 is 3.83. The monoisotopic (exact) mass is 447 g/mol. The van der Waals surface area contributed by atoms with Gasteiger partial charge in [0.05, 0.1) is 18.7 Å². The molecule has 1 amide bonds. The molecule has 4 heterocycles. The number of aliphatic imine (C=N–C) groups is 1. The highest BCUT2D eigenvalue weighted by atomic mass is 32.2. The highest BCUT2D eigenvalue weighted by Gasteiger charge is 2.37. The van der Waals surface area contributed by atoms with Gasteiger partial charge in [-0.05, 0) is 48.0 Å². The third kappa shape index (κ3) is 4.58. The molecular formula is C21H21N9OS+. The molecule has 0 fully saturated rings. The predicted octanol–water partition coefficient (Wildman–Crippen LogP) is 2.81. The summed E-state index contributed by atoms with van der Waals surface area (Å²) >= 11 is 1.59. The molecule has 3 N–H and O–H groups in total. The first-order chi connectivity index (χ1) is 15.6. The SMILES string of the molecule is Cc1cc(NC2=CN(Sc3ccc(NC(=O)Cn4ccnc4)cc3)CC3=NC=C[N+]23)n[nH]1. The van der Waals surface area contributed by atoms with Crippen molar-refractivity contribution in [1.82, 2.24) is 29.0 Å². The highest BCUT2D eigenvalue weighted by Crippen LogP contribution is 2.29. The molecule has 1 radical (unpaired) electrons. The summed E-state index contributed by atoms with van der Waals surface area (Å²) in [6, 6.07) is 9.71. The summed E-state index contributed by atoms with van der Waals surface area (Å²) in [5.41, 5.74) is 1.73. The second kappa shape index (κ2) is 8.73. The Morgan fingerprint density at radius 1 is 1.31 bits per heavy atom. The number of carbonyl (C=O) groups is 1. The number of H-pyrrole nitrogens is 1. The molecule has 10 nitrogen and oxygen atoms in total. The lowest BCUT2D eigenvalue weighted by Crippen LogP contribution is -2.42. The minimum Gasteiger partial charge on any atom is -0.328 e. The van der Waals surface area contributed by atoms with Gasteiger partial charge < -0.3 is 9.88 Å². The zero-order chi connectivity index (χ0) is 21.9. The van der Waals surface area contributed by atoms with Crippen molar-refractivity contribution in [2.75, 3.05) is 17.2 Å². The van der Waals surface area contributed by atoms with E-state index in [0.717, 1.165) is 33.8 Å². The fourth-order valence-corrected chi connectivity index (χ4v) is 4.16. The van der Waals surface area contributed by atoms with Gasteiger partial charge >= 0.3 is 0 Å². The number of fused-ring (bicyclic) bond motifs is 1. The van der Waals surface area contributed by atoms with Gasteiger partial charge in [-0.2, -0.15) is 10.1 Å². The number of hydrogen-bond acceptors (Lipinski definition) is 8. The van der Waals surface area contributed by atoms with E-state index in [0.29, 0.717) is 6.54 Å². The fraction of sp³-hybridized carbons (Fsp3) is 0.143. The summed E-state index contributed by atoms with van der Waals surface area (Å²) in [5.74, 6) is 2.44. The molecule has 2 aliphatic heterocycles. The van der Waals surface area contributed by atoms with Crippen LogP contribution in [0.25, 0.3) is 0 Å². The fourth-order valence-electron chi connectivity index (χ4n) is 3.30. The second-order valence-electron chi connectivity index (χ2n) is 7.26. The molecule has 0 spiro atoms. The number of aryl methyl sites for hydroxylation is 1. The summed E-state index contributed by atoms with van der Waals surface area (Å²) in [5, 5.41) is 13.4. The first-order valence-corrected chi connectivity index (χ1v) is 10.7. The first kappa shape index (κ1) is 20.1. The number of carbonyl (C=O) groups excluding carboxylic acids is 1. The maximum Gasteiger partial charge on any atom is 0.285 e. The van der Waals surface area contributed by atoms with Gasteiger partial charge in [-0.25, -0.2) is 4.98 Å². The number of amides is 1. The van der Waals surface area contributed by atoms with Gasteiger partial charge in [-0.1, -0.05) is 0 Å². The topological polar surface area (TPSA) is 109 Å². The number of aromatic amines is 1. The van der Waals surface area contributed by atoms with Crippen LogP contribution < -0.4 is 15.5 Å². The van der Waals surface area contributed by atoms with Gasteiger partial charge in [0.1, 0.15) is 13.1 Å². The molecule has 0 saturated heterocycles. The Balaban J connectivity index is 1.24. The van der Waals surface area contributed by atoms with E-state index in [4.69, 9.17) is 0 Å². The molecule has 2 aromatic heterocycles. The lowest BCUT2D eigenvalue weighted by Gasteiger charge is -2.24. The summed E-state index contributed by atoms with van der Waals surface area (Å²) in [7, 11) is 0. The average Bonchev–Trinajstić information content (AvgIpc) is 3.52. The van der Waals surface area contributed by atoms with Crippen molar-refractivity contribution in [3.63, 3.8) is 0 Å². The van der Waals surface area contributed by atoms with E-state index in [-0.39, 0.29) is 12.5 Å². The van der Waals surface area contributed by atoms with E-state index in [2.05, 4.69) is 35.1 Å². The zero-order valence-electron chi connectivity index (χ0n) is 17.3. The van der Waals surface area contributed by atoms with Crippen LogP contribution >= 0.6 is 11.9 Å². The van der Waals surface area contributed by atoms with Crippen molar-refractivity contribution in [3.05, 3.63) is 79.2 Å². The second-order valence-corrected chi connectivity index (χ2v) is 8.39. The van der Waals surface area contributed by atoms with Crippen LogP contribution in [0, 0.1) is 6.92 Å². The van der Waals surface area contributed by atoms with E-state index in [1.54, 1.807) is 41.4 Å². The number of imidazole rings is 1. The number of aromatic nitrogens is 4. The van der Waals surface area contributed by atoms with Gasteiger partial charge in [0.15, 0.2) is 12.0 Å². The van der Waals surface area contributed by atoms with Gasteiger partial charge in [-0.15, -0.1) is 0 Å². The Hall–Kier alpha value is -3.83. The Labute approximate surface area is 188 Å². The smallest absolute Gasteiger partial charge is 0.285 e. The first-order valence-electron chi connectivity index (χ1n) is 9.96. The standard InChI is InChI=1S/C21H21N9OS/c1-15-10-18(27-26-15)25-20-12-29(11-19-23-7-9-30(19)20)32-17-4-2-16(3-5-17)24-21(31)13-28-8-6-22-14-28/h2-10,12,14H,11,13H2,1H3,(H,24,31)(H2,25,26,27)/q+1. The molecule has 0 atom stereocenters. The van der Waals surface area contributed by atoms with Crippen LogP contribution in [0.2, 0.25) is 0 Å². The van der Waals surface area contributed by atoms with E-state index < -0.39 is 0 Å². The Morgan fingerprint density at radius 2 is 2.19 bits per heavy atom. The van der Waals surface area contributed by atoms with Crippen molar-refractivity contribution >= 4 is 35.2 Å². The van der Waals surface area contributed by atoms with Crippen molar-refractivity contribution in [1.29, 1.82) is 0 Å². The quantitative estimate of drug-likeness (QED) is 0.380. The number of rotatable bonds is 7. The highest BCUT2D eigenvalue weighted by molar-refractivity contribution is 7.97. The van der Waals surface area contributed by atoms with Gasteiger partial charge in [0, 0.05) is 34.7 Å². The molecule has 11 heteroatoms. The van der Waals surface area contributed by atoms with Crippen LogP contribution in [-0.2, 0) is 11.3 Å². The van der Waals surface area contributed by atoms with Crippen molar-refractivity contribution < 1.29 is 4.79 Å². The molecule has 3 aromatic rings.